The van der Waals surface area contributed by atoms with Crippen LogP contribution in [0, 0.1) is 0 Å². The summed E-state index contributed by atoms with van der Waals surface area (Å²) in [6, 6.07) is 0. The van der Waals surface area contributed by atoms with E-state index in [1.165, 1.54) is 6.16 Å². The third kappa shape index (κ3) is 6.66. The normalized spacial score (nSPS) is 14.4. The lowest BCUT2D eigenvalue weighted by Crippen LogP contribution is -2.26. The summed E-state index contributed by atoms with van der Waals surface area (Å²) in [5, 5.41) is 0.881. The van der Waals surface area contributed by atoms with Crippen molar-refractivity contribution in [2.24, 2.45) is 0 Å². The van der Waals surface area contributed by atoms with E-state index < -0.39 is 0 Å². The van der Waals surface area contributed by atoms with Gasteiger partial charge in [0.2, 0.25) is 0 Å². The molecule has 0 aromatic carbocycles. The molecule has 0 N–H and O–H groups in total. The Morgan fingerprint density at radius 3 is 1.62 bits per heavy atom. The van der Waals surface area contributed by atoms with Gasteiger partial charge in [0.25, 0.3) is 0 Å². The molecule has 0 saturated carbocycles. The van der Waals surface area contributed by atoms with E-state index in [2.05, 4.69) is 72.7 Å². The van der Waals surface area contributed by atoms with E-state index in [-0.39, 0.29) is 7.92 Å². The molecule has 0 fully saturated rings. The predicted molar refractivity (Wildman–Crippen MR) is 79.0 cm³/mol. The van der Waals surface area contributed by atoms with Gasteiger partial charge in [-0.25, -0.2) is 0 Å². The molecule has 0 saturated heterocycles. The lowest BCUT2D eigenvalue weighted by Gasteiger charge is -2.41. The zero-order valence-corrected chi connectivity index (χ0v) is 13.4. The van der Waals surface area contributed by atoms with Crippen molar-refractivity contribution < 1.29 is 0 Å². The average molecular weight is 243 g/mol. The highest BCUT2D eigenvalue weighted by Gasteiger charge is 2.32. The number of rotatable bonds is 4. The Morgan fingerprint density at radius 1 is 0.875 bits per heavy atom. The molecule has 0 atom stereocenters. The van der Waals surface area contributed by atoms with Gasteiger partial charge in [0, 0.05) is 6.54 Å². The van der Waals surface area contributed by atoms with Crippen LogP contribution in [0.4, 0.5) is 0 Å². The Labute approximate surface area is 104 Å². The predicted octanol–water partition coefficient (Wildman–Crippen LogP) is 4.18. The fraction of sp³-hybridized carbons (Fsp3) is 0.857. The van der Waals surface area contributed by atoms with Gasteiger partial charge in [0.1, 0.15) is 0 Å². The lowest BCUT2D eigenvalue weighted by molar-refractivity contribution is 0.456. The number of allylic oxidation sites excluding steroid dienone is 1. The molecule has 0 aliphatic rings. The third-order valence-electron chi connectivity index (χ3n) is 2.54. The maximum atomic E-state index is 2.38. The topological polar surface area (TPSA) is 3.24 Å². The number of hydrogen-bond donors (Lipinski definition) is 0. The van der Waals surface area contributed by atoms with Crippen LogP contribution >= 0.6 is 7.92 Å². The molecule has 0 spiro atoms. The molecule has 0 amide bonds. The van der Waals surface area contributed by atoms with E-state index in [9.17, 15) is 0 Å². The fourth-order valence-corrected chi connectivity index (χ4v) is 5.49. The molecule has 2 heteroatoms. The molecule has 0 aliphatic carbocycles. The van der Waals surface area contributed by atoms with Crippen molar-refractivity contribution in [1.82, 2.24) is 4.90 Å². The van der Waals surface area contributed by atoms with Crippen molar-refractivity contribution in [1.29, 1.82) is 0 Å². The summed E-state index contributed by atoms with van der Waals surface area (Å²) in [5.41, 5.74) is 0. The summed E-state index contributed by atoms with van der Waals surface area (Å²) in [7, 11) is 4.24. The smallest absolute Gasteiger partial charge is 0.0157 e. The van der Waals surface area contributed by atoms with Crippen molar-refractivity contribution in [3.8, 4) is 0 Å². The molecular formula is C14H30NP. The molecule has 1 nitrogen and oxygen atoms in total. The minimum absolute atomic E-state index is 0.0210. The van der Waals surface area contributed by atoms with E-state index in [1.807, 2.05) is 0 Å². The molecular weight excluding hydrogens is 213 g/mol. The number of hydrogen-bond acceptors (Lipinski definition) is 1. The second kappa shape index (κ2) is 6.17. The monoisotopic (exact) mass is 243 g/mol. The molecule has 0 aliphatic heterocycles. The van der Waals surface area contributed by atoms with Crippen LogP contribution in [-0.4, -0.2) is 42.0 Å². The van der Waals surface area contributed by atoms with Gasteiger partial charge in [-0.1, -0.05) is 61.6 Å². The lowest BCUT2D eigenvalue weighted by atomic mass is 10.2. The third-order valence-corrected chi connectivity index (χ3v) is 6.36. The van der Waals surface area contributed by atoms with Crippen LogP contribution in [0.5, 0.6) is 0 Å². The first-order chi connectivity index (χ1) is 7.05. The Hall–Kier alpha value is 0.130. The van der Waals surface area contributed by atoms with E-state index in [1.54, 1.807) is 0 Å². The summed E-state index contributed by atoms with van der Waals surface area (Å²) in [6.07, 6.45) is 5.92. The largest absolute Gasteiger partial charge is 0.306 e. The molecule has 96 valence electrons. The molecule has 16 heavy (non-hydrogen) atoms. The van der Waals surface area contributed by atoms with Gasteiger partial charge in [-0.05, 0) is 30.6 Å². The van der Waals surface area contributed by atoms with Crippen LogP contribution in [0.1, 0.15) is 41.5 Å². The standard InChI is InChI=1S/C14H30NP/c1-13(2,3)16(14(4,5)6)12-10-9-11-15(7)8/h9-10H,11-12H2,1-8H3. The second-order valence-electron chi connectivity index (χ2n) is 6.69. The highest BCUT2D eigenvalue weighted by molar-refractivity contribution is 7.61. The zero-order valence-electron chi connectivity index (χ0n) is 12.5. The molecule has 0 aromatic heterocycles. The van der Waals surface area contributed by atoms with E-state index in [0.29, 0.717) is 10.3 Å². The van der Waals surface area contributed by atoms with E-state index in [4.69, 9.17) is 0 Å². The maximum absolute atomic E-state index is 2.38. The van der Waals surface area contributed by atoms with Gasteiger partial charge in [-0.2, -0.15) is 0 Å². The molecule has 0 aromatic rings. The fourth-order valence-electron chi connectivity index (χ4n) is 2.02. The molecule has 0 unspecified atom stereocenters. The Bertz CT molecular complexity index is 204. The highest BCUT2D eigenvalue weighted by Crippen LogP contribution is 2.58. The molecule has 0 rings (SSSR count). The zero-order chi connectivity index (χ0) is 13.0. The molecule has 0 bridgehead atoms. The quantitative estimate of drug-likeness (QED) is 0.529. The van der Waals surface area contributed by atoms with Crippen LogP contribution in [0.15, 0.2) is 12.2 Å². The van der Waals surface area contributed by atoms with Crippen molar-refractivity contribution in [2.75, 3.05) is 26.8 Å². The minimum Gasteiger partial charge on any atom is -0.306 e. The minimum atomic E-state index is 0.0210. The summed E-state index contributed by atoms with van der Waals surface area (Å²) < 4.78 is 0. The summed E-state index contributed by atoms with van der Waals surface area (Å²) in [4.78, 5) is 2.20. The Balaban J connectivity index is 4.42. The van der Waals surface area contributed by atoms with Gasteiger partial charge in [-0.15, -0.1) is 0 Å². The summed E-state index contributed by atoms with van der Waals surface area (Å²) >= 11 is 0. The van der Waals surface area contributed by atoms with Crippen molar-refractivity contribution >= 4 is 7.92 Å². The Kier molecular flexibility index (Phi) is 6.22. The SMILES string of the molecule is CN(C)CC=CCP(C(C)(C)C)C(C)(C)C. The van der Waals surface area contributed by atoms with Crippen molar-refractivity contribution in [3.63, 3.8) is 0 Å². The molecule has 0 radical (unpaired) electrons. The van der Waals surface area contributed by atoms with Crippen LogP contribution in [0.2, 0.25) is 0 Å². The molecule has 0 heterocycles. The number of nitrogens with zero attached hydrogens (tertiary/aromatic N) is 1. The second-order valence-corrected chi connectivity index (χ2v) is 10.6. The van der Waals surface area contributed by atoms with Gasteiger partial charge >= 0.3 is 0 Å². The summed E-state index contributed by atoms with van der Waals surface area (Å²) in [5.74, 6) is 0. The summed E-state index contributed by atoms with van der Waals surface area (Å²) in [6.45, 7) is 15.3. The van der Waals surface area contributed by atoms with Gasteiger partial charge in [0.05, 0.1) is 0 Å². The highest BCUT2D eigenvalue weighted by atomic mass is 31.1. The Morgan fingerprint density at radius 2 is 1.31 bits per heavy atom. The first-order valence-electron chi connectivity index (χ1n) is 6.12. The van der Waals surface area contributed by atoms with Crippen LogP contribution in [0.25, 0.3) is 0 Å². The van der Waals surface area contributed by atoms with E-state index >= 15 is 0 Å². The van der Waals surface area contributed by atoms with Crippen molar-refractivity contribution in [2.45, 2.75) is 51.9 Å². The maximum Gasteiger partial charge on any atom is 0.0157 e. The number of likely N-dealkylation sites (N-methyl/N-ethyl adjacent to an activating group) is 1. The first kappa shape index (κ1) is 16.1. The first-order valence-corrected chi connectivity index (χ1v) is 7.65. The van der Waals surface area contributed by atoms with Gasteiger partial charge in [-0.3, -0.25) is 0 Å². The van der Waals surface area contributed by atoms with Gasteiger partial charge < -0.3 is 4.90 Å². The van der Waals surface area contributed by atoms with Crippen LogP contribution < -0.4 is 0 Å². The van der Waals surface area contributed by atoms with Crippen molar-refractivity contribution in [3.05, 3.63) is 12.2 Å². The van der Waals surface area contributed by atoms with Gasteiger partial charge in [0.15, 0.2) is 0 Å². The average Bonchev–Trinajstić information content (AvgIpc) is 1.97. The van der Waals surface area contributed by atoms with E-state index in [0.717, 1.165) is 6.54 Å². The van der Waals surface area contributed by atoms with Crippen LogP contribution in [0.3, 0.4) is 0 Å². The van der Waals surface area contributed by atoms with Crippen LogP contribution in [-0.2, 0) is 0 Å².